The van der Waals surface area contributed by atoms with Crippen LogP contribution in [0.15, 0.2) is 24.8 Å². The van der Waals surface area contributed by atoms with Gasteiger partial charge in [0.25, 0.3) is 0 Å². The number of aryl methyl sites for hydroxylation is 1. The first-order valence-corrected chi connectivity index (χ1v) is 7.95. The summed E-state index contributed by atoms with van der Waals surface area (Å²) >= 11 is 1.73. The van der Waals surface area contributed by atoms with Gasteiger partial charge in [0.15, 0.2) is 0 Å². The van der Waals surface area contributed by atoms with Crippen LogP contribution in [0.3, 0.4) is 0 Å². The summed E-state index contributed by atoms with van der Waals surface area (Å²) in [6.45, 7) is 4.10. The summed E-state index contributed by atoms with van der Waals surface area (Å²) in [6, 6.07) is 2.64. The lowest BCUT2D eigenvalue weighted by Gasteiger charge is -2.32. The van der Waals surface area contributed by atoms with Gasteiger partial charge >= 0.3 is 0 Å². The summed E-state index contributed by atoms with van der Waals surface area (Å²) in [4.78, 5) is 13.6. The first kappa shape index (κ1) is 12.7. The lowest BCUT2D eigenvalue weighted by Crippen LogP contribution is -2.35. The molecule has 0 bridgehead atoms. The van der Waals surface area contributed by atoms with Crippen molar-refractivity contribution in [2.24, 2.45) is 0 Å². The molecule has 108 valence electrons. The van der Waals surface area contributed by atoms with E-state index in [2.05, 4.69) is 38.2 Å². The van der Waals surface area contributed by atoms with E-state index in [1.54, 1.807) is 23.9 Å². The number of aromatic nitrogens is 5. The molecule has 21 heavy (non-hydrogen) atoms. The molecule has 0 atom stereocenters. The van der Waals surface area contributed by atoms with E-state index in [1.165, 1.54) is 10.3 Å². The average Bonchev–Trinajstić information content (AvgIpc) is 3.15. The summed E-state index contributed by atoms with van der Waals surface area (Å²) in [5.41, 5.74) is 0. The summed E-state index contributed by atoms with van der Waals surface area (Å²) in [7, 11) is 0. The van der Waals surface area contributed by atoms with E-state index >= 15 is 0 Å². The Bertz CT molecular complexity index is 742. The second kappa shape index (κ2) is 5.07. The number of thiophene rings is 1. The maximum atomic E-state index is 4.52. The van der Waals surface area contributed by atoms with Crippen LogP contribution in [-0.4, -0.2) is 38.1 Å². The quantitative estimate of drug-likeness (QED) is 0.727. The van der Waals surface area contributed by atoms with Gasteiger partial charge in [-0.05, 0) is 25.8 Å². The van der Waals surface area contributed by atoms with Gasteiger partial charge in [0, 0.05) is 24.2 Å². The zero-order valence-corrected chi connectivity index (χ0v) is 12.6. The first-order chi connectivity index (χ1) is 10.3. The van der Waals surface area contributed by atoms with Gasteiger partial charge in [-0.2, -0.15) is 0 Å². The largest absolute Gasteiger partial charge is 0.356 e. The molecule has 3 aromatic rings. The molecule has 1 saturated heterocycles. The number of hydrogen-bond donors (Lipinski definition) is 0. The van der Waals surface area contributed by atoms with Crippen LogP contribution in [0.2, 0.25) is 0 Å². The Morgan fingerprint density at radius 2 is 2.10 bits per heavy atom. The molecule has 6 nitrogen and oxygen atoms in total. The molecule has 3 aromatic heterocycles. The van der Waals surface area contributed by atoms with Crippen LogP contribution in [0, 0.1) is 6.92 Å². The lowest BCUT2D eigenvalue weighted by atomic mass is 10.1. The number of piperidine rings is 1. The minimum Gasteiger partial charge on any atom is -0.356 e. The topological polar surface area (TPSA) is 59.7 Å². The molecule has 0 unspecified atom stereocenters. The van der Waals surface area contributed by atoms with Crippen LogP contribution >= 0.6 is 11.3 Å². The van der Waals surface area contributed by atoms with E-state index in [0.29, 0.717) is 6.04 Å². The van der Waals surface area contributed by atoms with E-state index in [4.69, 9.17) is 0 Å². The van der Waals surface area contributed by atoms with Crippen molar-refractivity contribution in [1.82, 2.24) is 25.0 Å². The SMILES string of the molecule is Cc1cc2c(N3CCC(n4ccnn4)CC3)ncnc2s1. The van der Waals surface area contributed by atoms with Crippen molar-refractivity contribution in [2.45, 2.75) is 25.8 Å². The molecular weight excluding hydrogens is 284 g/mol. The molecule has 0 saturated carbocycles. The molecular formula is C14H16N6S. The fraction of sp³-hybridized carbons (Fsp3) is 0.429. The van der Waals surface area contributed by atoms with Gasteiger partial charge < -0.3 is 4.90 Å². The Balaban J connectivity index is 1.57. The minimum atomic E-state index is 0.449. The van der Waals surface area contributed by atoms with Gasteiger partial charge in [-0.1, -0.05) is 5.21 Å². The Morgan fingerprint density at radius 3 is 2.86 bits per heavy atom. The molecule has 0 aromatic carbocycles. The maximum Gasteiger partial charge on any atom is 0.140 e. The number of anilines is 1. The van der Waals surface area contributed by atoms with Crippen LogP contribution < -0.4 is 4.90 Å². The standard InChI is InChI=1S/C14H16N6S/c1-10-8-12-13(15-9-16-14(12)21-10)19-5-2-11(3-6-19)20-7-4-17-18-20/h4,7-9,11H,2-3,5-6H2,1H3. The monoisotopic (exact) mass is 300 g/mol. The summed E-state index contributed by atoms with van der Waals surface area (Å²) in [5, 5.41) is 9.19. The van der Waals surface area contributed by atoms with Crippen molar-refractivity contribution >= 4 is 27.4 Å². The van der Waals surface area contributed by atoms with Crippen LogP contribution in [0.4, 0.5) is 5.82 Å². The highest BCUT2D eigenvalue weighted by molar-refractivity contribution is 7.18. The third kappa shape index (κ3) is 2.27. The van der Waals surface area contributed by atoms with Gasteiger partial charge in [-0.25, -0.2) is 14.6 Å². The number of hydrogen-bond acceptors (Lipinski definition) is 6. The minimum absolute atomic E-state index is 0.449. The molecule has 1 fully saturated rings. The van der Waals surface area contributed by atoms with Crippen LogP contribution in [0.5, 0.6) is 0 Å². The molecule has 0 amide bonds. The molecule has 0 N–H and O–H groups in total. The molecule has 0 spiro atoms. The highest BCUT2D eigenvalue weighted by Gasteiger charge is 2.23. The van der Waals surface area contributed by atoms with E-state index in [9.17, 15) is 0 Å². The summed E-state index contributed by atoms with van der Waals surface area (Å²) in [5.74, 6) is 1.07. The van der Waals surface area contributed by atoms with Crippen LogP contribution in [0.1, 0.15) is 23.8 Å². The Labute approximate surface area is 126 Å². The van der Waals surface area contributed by atoms with Crippen molar-refractivity contribution in [3.63, 3.8) is 0 Å². The van der Waals surface area contributed by atoms with Crippen molar-refractivity contribution in [1.29, 1.82) is 0 Å². The van der Waals surface area contributed by atoms with Gasteiger partial charge in [0.05, 0.1) is 17.6 Å². The predicted molar refractivity (Wildman–Crippen MR) is 82.7 cm³/mol. The van der Waals surface area contributed by atoms with Crippen molar-refractivity contribution in [3.05, 3.63) is 29.7 Å². The van der Waals surface area contributed by atoms with Crippen molar-refractivity contribution < 1.29 is 0 Å². The zero-order chi connectivity index (χ0) is 14.2. The fourth-order valence-electron chi connectivity index (χ4n) is 2.97. The summed E-state index contributed by atoms with van der Waals surface area (Å²) in [6.07, 6.45) is 7.51. The maximum absolute atomic E-state index is 4.52. The fourth-order valence-corrected chi connectivity index (χ4v) is 3.81. The molecule has 0 aliphatic carbocycles. The number of nitrogens with zero attached hydrogens (tertiary/aromatic N) is 6. The summed E-state index contributed by atoms with van der Waals surface area (Å²) < 4.78 is 1.97. The Hall–Kier alpha value is -2.02. The highest BCUT2D eigenvalue weighted by Crippen LogP contribution is 2.32. The molecule has 7 heteroatoms. The van der Waals surface area contributed by atoms with Crippen molar-refractivity contribution in [2.75, 3.05) is 18.0 Å². The van der Waals surface area contributed by atoms with Gasteiger partial charge in [-0.15, -0.1) is 16.4 Å². The van der Waals surface area contributed by atoms with Gasteiger partial charge in [0.2, 0.25) is 0 Å². The van der Waals surface area contributed by atoms with E-state index in [1.807, 2.05) is 10.9 Å². The number of fused-ring (bicyclic) bond motifs is 1. The predicted octanol–water partition coefficient (Wildman–Crippen LogP) is 2.43. The average molecular weight is 300 g/mol. The van der Waals surface area contributed by atoms with E-state index in [-0.39, 0.29) is 0 Å². The van der Waals surface area contributed by atoms with E-state index in [0.717, 1.165) is 36.6 Å². The lowest BCUT2D eigenvalue weighted by molar-refractivity contribution is 0.359. The van der Waals surface area contributed by atoms with Crippen molar-refractivity contribution in [3.8, 4) is 0 Å². The third-order valence-electron chi connectivity index (χ3n) is 4.01. The Kier molecular flexibility index (Phi) is 3.07. The van der Waals surface area contributed by atoms with E-state index < -0.39 is 0 Å². The molecule has 1 aliphatic heterocycles. The Morgan fingerprint density at radius 1 is 1.24 bits per heavy atom. The first-order valence-electron chi connectivity index (χ1n) is 7.13. The smallest absolute Gasteiger partial charge is 0.140 e. The second-order valence-electron chi connectivity index (χ2n) is 5.37. The zero-order valence-electron chi connectivity index (χ0n) is 11.8. The molecule has 1 aliphatic rings. The number of rotatable bonds is 2. The second-order valence-corrected chi connectivity index (χ2v) is 6.61. The normalized spacial score (nSPS) is 16.7. The van der Waals surface area contributed by atoms with Gasteiger partial charge in [-0.3, -0.25) is 0 Å². The molecule has 0 radical (unpaired) electrons. The van der Waals surface area contributed by atoms with Gasteiger partial charge in [0.1, 0.15) is 17.0 Å². The van der Waals surface area contributed by atoms with Crippen LogP contribution in [0.25, 0.3) is 10.2 Å². The highest BCUT2D eigenvalue weighted by atomic mass is 32.1. The molecule has 4 rings (SSSR count). The van der Waals surface area contributed by atoms with Crippen LogP contribution in [-0.2, 0) is 0 Å². The third-order valence-corrected chi connectivity index (χ3v) is 4.97. The molecule has 4 heterocycles.